The van der Waals surface area contributed by atoms with Crippen molar-refractivity contribution in [1.29, 1.82) is 0 Å². The van der Waals surface area contributed by atoms with Gasteiger partial charge in [0.05, 0.1) is 16.2 Å². The van der Waals surface area contributed by atoms with Gasteiger partial charge in [0.15, 0.2) is 0 Å². The van der Waals surface area contributed by atoms with Crippen molar-refractivity contribution in [2.45, 2.75) is 6.92 Å². The van der Waals surface area contributed by atoms with E-state index in [9.17, 15) is 0 Å². The number of fused-ring (bicyclic) bond motifs is 1. The van der Waals surface area contributed by atoms with Crippen molar-refractivity contribution in [2.24, 2.45) is 0 Å². The maximum Gasteiger partial charge on any atom is 0.0917 e. The van der Waals surface area contributed by atoms with E-state index in [4.69, 9.17) is 16.6 Å². The van der Waals surface area contributed by atoms with Crippen molar-refractivity contribution < 1.29 is 0 Å². The summed E-state index contributed by atoms with van der Waals surface area (Å²) >= 11 is 8.68. The minimum atomic E-state index is 0.689. The molecule has 2 nitrogen and oxygen atoms in total. The number of benzene rings is 2. The highest BCUT2D eigenvalue weighted by molar-refractivity contribution is 14.1. The number of hydrogen-bond donors (Lipinski definition) is 1. The van der Waals surface area contributed by atoms with Crippen molar-refractivity contribution in [3.8, 4) is 11.3 Å². The third kappa shape index (κ3) is 2.99. The molecule has 0 atom stereocenters. The molecule has 0 unspecified atom stereocenters. The Hall–Kier alpha value is -1.33. The first-order valence-electron chi connectivity index (χ1n) is 6.78. The molecule has 106 valence electrons. The molecule has 1 heterocycles. The lowest BCUT2D eigenvalue weighted by atomic mass is 10.1. The monoisotopic (exact) mass is 408 g/mol. The minimum Gasteiger partial charge on any atom is -0.385 e. The number of halogens is 2. The normalized spacial score (nSPS) is 10.8. The van der Waals surface area contributed by atoms with Crippen LogP contribution in [0.1, 0.15) is 6.92 Å². The Morgan fingerprint density at radius 2 is 1.90 bits per heavy atom. The second kappa shape index (κ2) is 6.20. The van der Waals surface area contributed by atoms with Gasteiger partial charge in [0.2, 0.25) is 0 Å². The third-order valence-corrected chi connectivity index (χ3v) is 4.18. The van der Waals surface area contributed by atoms with E-state index in [-0.39, 0.29) is 0 Å². The molecule has 0 saturated carbocycles. The van der Waals surface area contributed by atoms with Crippen LogP contribution in [0.2, 0.25) is 5.02 Å². The van der Waals surface area contributed by atoms with Gasteiger partial charge in [-0.3, -0.25) is 0 Å². The molecule has 0 aliphatic heterocycles. The minimum absolute atomic E-state index is 0.689. The molecule has 0 aliphatic rings. The van der Waals surface area contributed by atoms with Gasteiger partial charge < -0.3 is 5.32 Å². The van der Waals surface area contributed by atoms with Crippen LogP contribution in [0.15, 0.2) is 48.5 Å². The average molecular weight is 409 g/mol. The highest BCUT2D eigenvalue weighted by Gasteiger charge is 2.10. The second-order valence-corrected chi connectivity index (χ2v) is 6.39. The van der Waals surface area contributed by atoms with Gasteiger partial charge in [-0.25, -0.2) is 4.98 Å². The van der Waals surface area contributed by atoms with Gasteiger partial charge in [0.1, 0.15) is 0 Å². The fourth-order valence-corrected chi connectivity index (χ4v) is 3.41. The molecule has 1 N–H and O–H groups in total. The van der Waals surface area contributed by atoms with Crippen LogP contribution in [0.4, 0.5) is 5.69 Å². The number of rotatable bonds is 3. The van der Waals surface area contributed by atoms with Crippen LogP contribution in [-0.2, 0) is 0 Å². The Morgan fingerprint density at radius 3 is 2.62 bits per heavy atom. The standard InChI is InChI=1S/C17H14ClIN2/c1-2-20-16-10-15(11-6-4-3-5-7-11)21-17-13(16)8-12(19)9-14(17)18/h3-10H,2H2,1H3,(H,20,21). The lowest BCUT2D eigenvalue weighted by molar-refractivity contribution is 1.21. The summed E-state index contributed by atoms with van der Waals surface area (Å²) < 4.78 is 1.11. The highest BCUT2D eigenvalue weighted by Crippen LogP contribution is 2.33. The predicted molar refractivity (Wildman–Crippen MR) is 99.1 cm³/mol. The summed E-state index contributed by atoms with van der Waals surface area (Å²) in [6.45, 7) is 2.94. The van der Waals surface area contributed by atoms with Crippen LogP contribution < -0.4 is 5.32 Å². The summed E-state index contributed by atoms with van der Waals surface area (Å²) in [6, 6.07) is 16.3. The quantitative estimate of drug-likeness (QED) is 0.571. The van der Waals surface area contributed by atoms with Crippen LogP contribution in [-0.4, -0.2) is 11.5 Å². The molecule has 0 bridgehead atoms. The lowest BCUT2D eigenvalue weighted by Gasteiger charge is -2.12. The topological polar surface area (TPSA) is 24.9 Å². The molecule has 21 heavy (non-hydrogen) atoms. The van der Waals surface area contributed by atoms with Crippen LogP contribution in [0.5, 0.6) is 0 Å². The van der Waals surface area contributed by atoms with Crippen molar-refractivity contribution >= 4 is 50.8 Å². The molecule has 0 aliphatic carbocycles. The van der Waals surface area contributed by atoms with Crippen molar-refractivity contribution in [1.82, 2.24) is 4.98 Å². The molecule has 0 fully saturated rings. The van der Waals surface area contributed by atoms with Gasteiger partial charge in [-0.05, 0) is 47.7 Å². The summed E-state index contributed by atoms with van der Waals surface area (Å²) in [7, 11) is 0. The van der Waals surface area contributed by atoms with Gasteiger partial charge >= 0.3 is 0 Å². The number of nitrogens with zero attached hydrogens (tertiary/aromatic N) is 1. The zero-order valence-corrected chi connectivity index (χ0v) is 14.4. The van der Waals surface area contributed by atoms with Crippen LogP contribution in [0.25, 0.3) is 22.2 Å². The second-order valence-electron chi connectivity index (χ2n) is 4.74. The van der Waals surface area contributed by atoms with E-state index in [1.165, 1.54) is 0 Å². The first-order chi connectivity index (χ1) is 10.2. The maximum atomic E-state index is 6.40. The van der Waals surface area contributed by atoms with E-state index in [0.29, 0.717) is 5.02 Å². The van der Waals surface area contributed by atoms with Crippen LogP contribution in [0.3, 0.4) is 0 Å². The molecule has 4 heteroatoms. The Bertz CT molecular complexity index is 788. The van der Waals surface area contributed by atoms with Crippen molar-refractivity contribution in [2.75, 3.05) is 11.9 Å². The number of hydrogen-bond acceptors (Lipinski definition) is 2. The Morgan fingerprint density at radius 1 is 1.14 bits per heavy atom. The fraction of sp³-hybridized carbons (Fsp3) is 0.118. The van der Waals surface area contributed by atoms with Gasteiger partial charge in [-0.2, -0.15) is 0 Å². The molecule has 0 saturated heterocycles. The molecule has 0 spiro atoms. The first kappa shape index (κ1) is 14.6. The van der Waals surface area contributed by atoms with Crippen LogP contribution >= 0.6 is 34.2 Å². The number of nitrogens with one attached hydrogen (secondary N) is 1. The zero-order chi connectivity index (χ0) is 14.8. The van der Waals surface area contributed by atoms with E-state index in [2.05, 4.69) is 59.1 Å². The summed E-state index contributed by atoms with van der Waals surface area (Å²) in [5.41, 5.74) is 3.94. The summed E-state index contributed by atoms with van der Waals surface area (Å²) in [6.07, 6.45) is 0. The Kier molecular flexibility index (Phi) is 4.31. The Labute approximate surface area is 142 Å². The van der Waals surface area contributed by atoms with Gasteiger partial charge in [0.25, 0.3) is 0 Å². The highest BCUT2D eigenvalue weighted by atomic mass is 127. The number of pyridine rings is 1. The predicted octanol–water partition coefficient (Wildman–Crippen LogP) is 5.59. The molecule has 0 amide bonds. The molecule has 3 rings (SSSR count). The van der Waals surface area contributed by atoms with Crippen molar-refractivity contribution in [3.63, 3.8) is 0 Å². The molecular formula is C17H14ClIN2. The van der Waals surface area contributed by atoms with Gasteiger partial charge in [-0.15, -0.1) is 0 Å². The lowest BCUT2D eigenvalue weighted by Crippen LogP contribution is -2.00. The van der Waals surface area contributed by atoms with E-state index >= 15 is 0 Å². The van der Waals surface area contributed by atoms with E-state index in [1.54, 1.807) is 0 Å². The van der Waals surface area contributed by atoms with Crippen molar-refractivity contribution in [3.05, 3.63) is 57.1 Å². The molecule has 3 aromatic rings. The fourth-order valence-electron chi connectivity index (χ4n) is 2.35. The van der Waals surface area contributed by atoms with Gasteiger partial charge in [-0.1, -0.05) is 41.9 Å². The molecular weight excluding hydrogens is 395 g/mol. The summed E-state index contributed by atoms with van der Waals surface area (Å²) in [5.74, 6) is 0. The number of anilines is 1. The summed E-state index contributed by atoms with van der Waals surface area (Å²) in [5, 5.41) is 5.17. The number of aromatic nitrogens is 1. The zero-order valence-electron chi connectivity index (χ0n) is 11.5. The Balaban J connectivity index is 2.29. The van der Waals surface area contributed by atoms with Crippen LogP contribution in [0, 0.1) is 3.57 Å². The largest absolute Gasteiger partial charge is 0.385 e. The smallest absolute Gasteiger partial charge is 0.0917 e. The maximum absolute atomic E-state index is 6.40. The molecule has 2 aromatic carbocycles. The van der Waals surface area contributed by atoms with E-state index < -0.39 is 0 Å². The molecule has 1 aromatic heterocycles. The third-order valence-electron chi connectivity index (χ3n) is 3.27. The SMILES string of the molecule is CCNc1cc(-c2ccccc2)nc2c(Cl)cc(I)cc12. The molecule has 0 radical (unpaired) electrons. The van der Waals surface area contributed by atoms with E-state index in [0.717, 1.165) is 38.0 Å². The average Bonchev–Trinajstić information content (AvgIpc) is 2.49. The van der Waals surface area contributed by atoms with E-state index in [1.807, 2.05) is 24.3 Å². The summed E-state index contributed by atoms with van der Waals surface area (Å²) in [4.78, 5) is 4.75. The first-order valence-corrected chi connectivity index (χ1v) is 8.24. The van der Waals surface area contributed by atoms with Gasteiger partial charge in [0, 0.05) is 26.8 Å².